The Hall–Kier alpha value is -2.92. The van der Waals surface area contributed by atoms with Crippen LogP contribution in [0.1, 0.15) is 56.4 Å². The van der Waals surface area contributed by atoms with Crippen LogP contribution in [-0.2, 0) is 35.4 Å². The monoisotopic (exact) mass is 548 g/mol. The van der Waals surface area contributed by atoms with E-state index in [4.69, 9.17) is 0 Å². The smallest absolute Gasteiger partial charge is 0.243 e. The van der Waals surface area contributed by atoms with Crippen molar-refractivity contribution >= 4 is 27.7 Å². The minimum absolute atomic E-state index is 0.0282. The Labute approximate surface area is 224 Å². The molecule has 0 aliphatic heterocycles. The molecule has 0 aliphatic carbocycles. The number of nitrogens with one attached hydrogen (secondary N) is 1. The number of rotatable bonds is 10. The maximum atomic E-state index is 13.8. The zero-order chi connectivity index (χ0) is 26.1. The SMILES string of the molecule is CCc1ccc(CCC(=O)N(Cc2cccc(Br)c2)[C@H](Cc2ccccc2)C(=O)NC(C)(C)C)cc1. The molecule has 0 radical (unpaired) electrons. The van der Waals surface area contributed by atoms with Crippen LogP contribution in [0.25, 0.3) is 0 Å². The molecule has 0 saturated carbocycles. The normalized spacial score (nSPS) is 12.1. The predicted octanol–water partition coefficient (Wildman–Crippen LogP) is 6.50. The van der Waals surface area contributed by atoms with Gasteiger partial charge in [-0.25, -0.2) is 0 Å². The fourth-order valence-corrected chi connectivity index (χ4v) is 4.62. The number of amides is 2. The molecule has 0 saturated heterocycles. The van der Waals surface area contributed by atoms with E-state index in [1.54, 1.807) is 4.90 Å². The van der Waals surface area contributed by atoms with E-state index in [-0.39, 0.29) is 11.8 Å². The Balaban J connectivity index is 1.91. The van der Waals surface area contributed by atoms with Crippen LogP contribution in [0.15, 0.2) is 83.3 Å². The fraction of sp³-hybridized carbons (Fsp3) is 0.355. The Kier molecular flexibility index (Phi) is 9.89. The molecular weight excluding hydrogens is 512 g/mol. The van der Waals surface area contributed by atoms with Gasteiger partial charge in [0, 0.05) is 29.4 Å². The average molecular weight is 550 g/mol. The van der Waals surface area contributed by atoms with Crippen molar-refractivity contribution in [1.82, 2.24) is 10.2 Å². The number of carbonyl (C=O) groups excluding carboxylic acids is 2. The molecule has 3 rings (SSSR count). The summed E-state index contributed by atoms with van der Waals surface area (Å²) in [5.74, 6) is -0.165. The third-order valence-electron chi connectivity index (χ3n) is 6.07. The highest BCUT2D eigenvalue weighted by Gasteiger charge is 2.32. The van der Waals surface area contributed by atoms with Gasteiger partial charge in [-0.05, 0) is 68.0 Å². The summed E-state index contributed by atoms with van der Waals surface area (Å²) in [6, 6.07) is 25.6. The average Bonchev–Trinajstić information content (AvgIpc) is 2.84. The first-order valence-electron chi connectivity index (χ1n) is 12.6. The van der Waals surface area contributed by atoms with Crippen LogP contribution in [0, 0.1) is 0 Å². The van der Waals surface area contributed by atoms with Gasteiger partial charge in [0.05, 0.1) is 0 Å². The quantitative estimate of drug-likeness (QED) is 0.314. The minimum Gasteiger partial charge on any atom is -0.350 e. The van der Waals surface area contributed by atoms with Crippen molar-refractivity contribution < 1.29 is 9.59 Å². The third-order valence-corrected chi connectivity index (χ3v) is 6.56. The summed E-state index contributed by atoms with van der Waals surface area (Å²) in [5, 5.41) is 3.12. The summed E-state index contributed by atoms with van der Waals surface area (Å²) in [6.07, 6.45) is 2.42. The number of carbonyl (C=O) groups is 2. The molecule has 1 N–H and O–H groups in total. The summed E-state index contributed by atoms with van der Waals surface area (Å²) < 4.78 is 0.946. The van der Waals surface area contributed by atoms with Crippen molar-refractivity contribution in [2.75, 3.05) is 0 Å². The lowest BCUT2D eigenvalue weighted by Gasteiger charge is -2.34. The van der Waals surface area contributed by atoms with Gasteiger partial charge in [0.15, 0.2) is 0 Å². The van der Waals surface area contributed by atoms with Crippen molar-refractivity contribution in [3.05, 3.63) is 106 Å². The van der Waals surface area contributed by atoms with Crippen LogP contribution in [0.3, 0.4) is 0 Å². The number of hydrogen-bond acceptors (Lipinski definition) is 2. The van der Waals surface area contributed by atoms with Crippen LogP contribution < -0.4 is 5.32 Å². The van der Waals surface area contributed by atoms with Crippen LogP contribution in [0.5, 0.6) is 0 Å². The van der Waals surface area contributed by atoms with Gasteiger partial charge in [-0.15, -0.1) is 0 Å². The zero-order valence-electron chi connectivity index (χ0n) is 21.8. The molecule has 190 valence electrons. The highest BCUT2D eigenvalue weighted by molar-refractivity contribution is 9.10. The maximum absolute atomic E-state index is 13.8. The maximum Gasteiger partial charge on any atom is 0.243 e. The molecule has 1 atom stereocenters. The molecule has 3 aromatic carbocycles. The van der Waals surface area contributed by atoms with Gasteiger partial charge >= 0.3 is 0 Å². The van der Waals surface area contributed by atoms with Gasteiger partial charge in [-0.1, -0.05) is 89.6 Å². The molecule has 0 heterocycles. The van der Waals surface area contributed by atoms with Crippen molar-refractivity contribution in [2.24, 2.45) is 0 Å². The van der Waals surface area contributed by atoms with Gasteiger partial charge in [0.2, 0.25) is 11.8 Å². The summed E-state index contributed by atoms with van der Waals surface area (Å²) >= 11 is 3.54. The van der Waals surface area contributed by atoms with E-state index in [0.29, 0.717) is 25.8 Å². The van der Waals surface area contributed by atoms with Crippen molar-refractivity contribution in [1.29, 1.82) is 0 Å². The molecule has 2 amide bonds. The predicted molar refractivity (Wildman–Crippen MR) is 151 cm³/mol. The summed E-state index contributed by atoms with van der Waals surface area (Å²) in [6.45, 7) is 8.39. The second kappa shape index (κ2) is 12.9. The van der Waals surface area contributed by atoms with Crippen LogP contribution in [0.2, 0.25) is 0 Å². The van der Waals surface area contributed by atoms with Crippen molar-refractivity contribution in [2.45, 2.75) is 71.5 Å². The zero-order valence-corrected chi connectivity index (χ0v) is 23.3. The number of aryl methyl sites for hydroxylation is 2. The highest BCUT2D eigenvalue weighted by Crippen LogP contribution is 2.20. The summed E-state index contributed by atoms with van der Waals surface area (Å²) in [7, 11) is 0. The second-order valence-electron chi connectivity index (χ2n) is 10.3. The van der Waals surface area contributed by atoms with Gasteiger partial charge in [-0.2, -0.15) is 0 Å². The molecule has 0 aliphatic rings. The number of halogens is 1. The van der Waals surface area contributed by atoms with E-state index in [2.05, 4.69) is 52.4 Å². The van der Waals surface area contributed by atoms with Crippen molar-refractivity contribution in [3.8, 4) is 0 Å². The van der Waals surface area contributed by atoms with E-state index >= 15 is 0 Å². The first-order valence-corrected chi connectivity index (χ1v) is 13.4. The Morgan fingerprint density at radius 1 is 0.861 bits per heavy atom. The van der Waals surface area contributed by atoms with Gasteiger partial charge < -0.3 is 10.2 Å². The Morgan fingerprint density at radius 3 is 2.11 bits per heavy atom. The topological polar surface area (TPSA) is 49.4 Å². The molecule has 0 unspecified atom stereocenters. The molecule has 0 fully saturated rings. The number of benzene rings is 3. The molecule has 36 heavy (non-hydrogen) atoms. The molecule has 3 aromatic rings. The molecule has 0 spiro atoms. The second-order valence-corrected chi connectivity index (χ2v) is 11.2. The first kappa shape index (κ1) is 27.7. The minimum atomic E-state index is -0.624. The van der Waals surface area contributed by atoms with Crippen LogP contribution >= 0.6 is 15.9 Å². The Bertz CT molecular complexity index is 1140. The fourth-order valence-electron chi connectivity index (χ4n) is 4.18. The van der Waals surface area contributed by atoms with Crippen molar-refractivity contribution in [3.63, 3.8) is 0 Å². The van der Waals surface area contributed by atoms with E-state index in [0.717, 1.165) is 27.6 Å². The standard InChI is InChI=1S/C31H37BrN2O2/c1-5-23-14-16-24(17-15-23)18-19-29(35)34(22-26-12-9-13-27(32)20-26)28(30(36)33-31(2,3)4)21-25-10-7-6-8-11-25/h6-17,20,28H,5,18-19,21-22H2,1-4H3,(H,33,36)/t28-/m1/s1. The van der Waals surface area contributed by atoms with E-state index in [1.807, 2.05) is 75.4 Å². The lowest BCUT2D eigenvalue weighted by atomic mass is 9.99. The molecule has 5 heteroatoms. The first-order chi connectivity index (χ1) is 17.1. The highest BCUT2D eigenvalue weighted by atomic mass is 79.9. The molecule has 0 aromatic heterocycles. The summed E-state index contributed by atoms with van der Waals surface area (Å²) in [4.78, 5) is 29.1. The lowest BCUT2D eigenvalue weighted by molar-refractivity contribution is -0.141. The number of nitrogens with zero attached hydrogens (tertiary/aromatic N) is 1. The number of hydrogen-bond donors (Lipinski definition) is 1. The Morgan fingerprint density at radius 2 is 1.50 bits per heavy atom. The van der Waals surface area contributed by atoms with Crippen LogP contribution in [0.4, 0.5) is 0 Å². The molecular formula is C31H37BrN2O2. The third kappa shape index (κ3) is 8.63. The van der Waals surface area contributed by atoms with Gasteiger partial charge in [-0.3, -0.25) is 9.59 Å². The summed E-state index contributed by atoms with van der Waals surface area (Å²) in [5.41, 5.74) is 4.00. The largest absolute Gasteiger partial charge is 0.350 e. The van der Waals surface area contributed by atoms with E-state index < -0.39 is 11.6 Å². The van der Waals surface area contributed by atoms with Gasteiger partial charge in [0.25, 0.3) is 0 Å². The van der Waals surface area contributed by atoms with Crippen LogP contribution in [-0.4, -0.2) is 28.3 Å². The van der Waals surface area contributed by atoms with E-state index in [1.165, 1.54) is 5.56 Å². The molecule has 4 nitrogen and oxygen atoms in total. The van der Waals surface area contributed by atoms with Gasteiger partial charge in [0.1, 0.15) is 6.04 Å². The lowest BCUT2D eigenvalue weighted by Crippen LogP contribution is -2.54. The molecule has 0 bridgehead atoms. The van der Waals surface area contributed by atoms with E-state index in [9.17, 15) is 9.59 Å².